The van der Waals surface area contributed by atoms with E-state index < -0.39 is 0 Å². The second kappa shape index (κ2) is 3.06. The van der Waals surface area contributed by atoms with Crippen LogP contribution in [0.4, 0.5) is 0 Å². The van der Waals surface area contributed by atoms with E-state index in [1.54, 1.807) is 0 Å². The maximum absolute atomic E-state index is 5.75. The lowest BCUT2D eigenvalue weighted by atomic mass is 10.0. The van der Waals surface area contributed by atoms with E-state index in [2.05, 4.69) is 31.8 Å². The molecule has 0 aromatic carbocycles. The van der Waals surface area contributed by atoms with Crippen molar-refractivity contribution in [3.63, 3.8) is 0 Å². The molecule has 2 unspecified atom stereocenters. The van der Waals surface area contributed by atoms with Gasteiger partial charge in [-0.3, -0.25) is 4.98 Å². The second-order valence-electron chi connectivity index (χ2n) is 4.94. The van der Waals surface area contributed by atoms with Crippen molar-refractivity contribution in [1.29, 1.82) is 0 Å². The van der Waals surface area contributed by atoms with E-state index in [9.17, 15) is 0 Å². The van der Waals surface area contributed by atoms with Crippen molar-refractivity contribution in [2.24, 2.45) is 17.1 Å². The molecule has 0 saturated heterocycles. The number of rotatable bonds is 2. The van der Waals surface area contributed by atoms with E-state index in [1.165, 1.54) is 11.1 Å². The van der Waals surface area contributed by atoms with Crippen molar-refractivity contribution in [2.45, 2.75) is 26.7 Å². The summed E-state index contributed by atoms with van der Waals surface area (Å²) < 4.78 is 0. The fourth-order valence-electron chi connectivity index (χ4n) is 2.59. The van der Waals surface area contributed by atoms with Crippen molar-refractivity contribution in [2.75, 3.05) is 6.54 Å². The molecule has 2 heteroatoms. The first-order chi connectivity index (χ1) is 6.57. The van der Waals surface area contributed by atoms with Gasteiger partial charge in [0, 0.05) is 12.4 Å². The van der Waals surface area contributed by atoms with Crippen molar-refractivity contribution in [3.05, 3.63) is 29.6 Å². The van der Waals surface area contributed by atoms with Crippen molar-refractivity contribution < 1.29 is 0 Å². The van der Waals surface area contributed by atoms with Gasteiger partial charge in [-0.15, -0.1) is 0 Å². The van der Waals surface area contributed by atoms with E-state index in [0.29, 0.717) is 17.3 Å². The van der Waals surface area contributed by atoms with Crippen LogP contribution in [0.5, 0.6) is 0 Å². The molecule has 0 amide bonds. The predicted molar refractivity (Wildman–Crippen MR) is 58.0 cm³/mol. The van der Waals surface area contributed by atoms with E-state index in [-0.39, 0.29) is 0 Å². The van der Waals surface area contributed by atoms with Gasteiger partial charge in [0.1, 0.15) is 0 Å². The topological polar surface area (TPSA) is 38.9 Å². The minimum Gasteiger partial charge on any atom is -0.330 e. The third-order valence-corrected chi connectivity index (χ3v) is 3.56. The normalized spacial score (nSPS) is 28.9. The number of pyridine rings is 1. The average molecular weight is 190 g/mol. The molecule has 1 saturated carbocycles. The molecular weight excluding hydrogens is 172 g/mol. The van der Waals surface area contributed by atoms with Crippen LogP contribution in [-0.4, -0.2) is 11.5 Å². The Morgan fingerprint density at radius 2 is 2.14 bits per heavy atom. The van der Waals surface area contributed by atoms with Gasteiger partial charge in [0.25, 0.3) is 0 Å². The highest BCUT2D eigenvalue weighted by Gasteiger charge is 2.57. The van der Waals surface area contributed by atoms with Crippen LogP contribution in [0.3, 0.4) is 0 Å². The summed E-state index contributed by atoms with van der Waals surface area (Å²) in [7, 11) is 0. The SMILES string of the molecule is Cc1cncc(C2C(CN)C2(C)C)c1. The number of nitrogens with two attached hydrogens (primary N) is 1. The van der Waals surface area contributed by atoms with Crippen LogP contribution < -0.4 is 5.73 Å². The molecule has 2 atom stereocenters. The zero-order chi connectivity index (χ0) is 10.3. The van der Waals surface area contributed by atoms with E-state index in [4.69, 9.17) is 5.73 Å². The number of hydrogen-bond donors (Lipinski definition) is 1. The largest absolute Gasteiger partial charge is 0.330 e. The molecule has 0 bridgehead atoms. The zero-order valence-corrected chi connectivity index (χ0v) is 9.12. The van der Waals surface area contributed by atoms with Gasteiger partial charge in [-0.1, -0.05) is 19.9 Å². The van der Waals surface area contributed by atoms with Gasteiger partial charge in [-0.25, -0.2) is 0 Å². The molecule has 1 heterocycles. The van der Waals surface area contributed by atoms with E-state index in [0.717, 1.165) is 6.54 Å². The lowest BCUT2D eigenvalue weighted by Crippen LogP contribution is -2.05. The van der Waals surface area contributed by atoms with Gasteiger partial charge >= 0.3 is 0 Å². The summed E-state index contributed by atoms with van der Waals surface area (Å²) in [6, 6.07) is 2.23. The Kier molecular flexibility index (Phi) is 2.11. The minimum absolute atomic E-state index is 0.365. The Balaban J connectivity index is 2.26. The minimum atomic E-state index is 0.365. The van der Waals surface area contributed by atoms with Crippen LogP contribution in [-0.2, 0) is 0 Å². The predicted octanol–water partition coefficient (Wildman–Crippen LogP) is 2.09. The Hall–Kier alpha value is -0.890. The monoisotopic (exact) mass is 190 g/mol. The van der Waals surface area contributed by atoms with Crippen LogP contribution in [0.25, 0.3) is 0 Å². The Bertz CT molecular complexity index is 344. The Morgan fingerprint density at radius 1 is 1.43 bits per heavy atom. The highest BCUT2D eigenvalue weighted by Crippen LogP contribution is 2.63. The van der Waals surface area contributed by atoms with Crippen molar-refractivity contribution in [1.82, 2.24) is 4.98 Å². The summed E-state index contributed by atoms with van der Waals surface area (Å²) >= 11 is 0. The molecule has 1 aliphatic rings. The summed E-state index contributed by atoms with van der Waals surface area (Å²) in [6.07, 6.45) is 3.88. The van der Waals surface area contributed by atoms with Crippen LogP contribution >= 0.6 is 0 Å². The third kappa shape index (κ3) is 1.34. The quantitative estimate of drug-likeness (QED) is 0.775. The summed E-state index contributed by atoms with van der Waals surface area (Å²) in [4.78, 5) is 4.24. The molecule has 14 heavy (non-hydrogen) atoms. The molecule has 2 N–H and O–H groups in total. The second-order valence-corrected chi connectivity index (χ2v) is 4.94. The van der Waals surface area contributed by atoms with Gasteiger partial charge in [0.05, 0.1) is 0 Å². The molecule has 0 spiro atoms. The smallest absolute Gasteiger partial charge is 0.0303 e. The molecule has 1 fully saturated rings. The summed E-state index contributed by atoms with van der Waals surface area (Å²) in [6.45, 7) is 7.45. The lowest BCUT2D eigenvalue weighted by Gasteiger charge is -2.03. The first-order valence-corrected chi connectivity index (χ1v) is 5.19. The van der Waals surface area contributed by atoms with E-state index in [1.807, 2.05) is 12.4 Å². The third-order valence-electron chi connectivity index (χ3n) is 3.56. The number of aromatic nitrogens is 1. The number of nitrogens with zero attached hydrogens (tertiary/aromatic N) is 1. The summed E-state index contributed by atoms with van der Waals surface area (Å²) in [5.74, 6) is 1.24. The number of hydrogen-bond acceptors (Lipinski definition) is 2. The van der Waals surface area contributed by atoms with Crippen LogP contribution in [0.2, 0.25) is 0 Å². The van der Waals surface area contributed by atoms with E-state index >= 15 is 0 Å². The average Bonchev–Trinajstić information content (AvgIpc) is 2.68. The van der Waals surface area contributed by atoms with Crippen molar-refractivity contribution >= 4 is 0 Å². The Morgan fingerprint density at radius 3 is 2.64 bits per heavy atom. The molecule has 1 aromatic heterocycles. The van der Waals surface area contributed by atoms with Gasteiger partial charge in [0.2, 0.25) is 0 Å². The maximum atomic E-state index is 5.75. The molecule has 0 aliphatic heterocycles. The molecule has 2 nitrogen and oxygen atoms in total. The number of aryl methyl sites for hydroxylation is 1. The molecule has 2 rings (SSSR count). The van der Waals surface area contributed by atoms with Gasteiger partial charge in [-0.05, 0) is 41.8 Å². The van der Waals surface area contributed by atoms with Crippen LogP contribution in [0.15, 0.2) is 18.5 Å². The van der Waals surface area contributed by atoms with Gasteiger partial charge < -0.3 is 5.73 Å². The standard InChI is InChI=1S/C12H18N2/c1-8-4-9(7-14-6-8)11-10(5-13)12(11,2)3/h4,6-7,10-11H,5,13H2,1-3H3. The summed E-state index contributed by atoms with van der Waals surface area (Å²) in [5.41, 5.74) is 8.71. The molecular formula is C12H18N2. The molecule has 76 valence electrons. The van der Waals surface area contributed by atoms with Crippen molar-refractivity contribution in [3.8, 4) is 0 Å². The van der Waals surface area contributed by atoms with Crippen LogP contribution in [0.1, 0.15) is 30.9 Å². The highest BCUT2D eigenvalue weighted by molar-refractivity contribution is 5.31. The van der Waals surface area contributed by atoms with Gasteiger partial charge in [-0.2, -0.15) is 0 Å². The fraction of sp³-hybridized carbons (Fsp3) is 0.583. The molecule has 0 radical (unpaired) electrons. The van der Waals surface area contributed by atoms with Crippen LogP contribution in [0, 0.1) is 18.3 Å². The zero-order valence-electron chi connectivity index (χ0n) is 9.12. The first-order valence-electron chi connectivity index (χ1n) is 5.19. The highest BCUT2D eigenvalue weighted by atomic mass is 14.7. The fourth-order valence-corrected chi connectivity index (χ4v) is 2.59. The van der Waals surface area contributed by atoms with Gasteiger partial charge in [0.15, 0.2) is 0 Å². The Labute approximate surface area is 85.5 Å². The first kappa shape index (κ1) is 9.66. The lowest BCUT2D eigenvalue weighted by molar-refractivity contribution is 0.558. The summed E-state index contributed by atoms with van der Waals surface area (Å²) in [5, 5.41) is 0. The molecule has 1 aliphatic carbocycles. The maximum Gasteiger partial charge on any atom is 0.0303 e. The molecule has 1 aromatic rings.